The fraction of sp³-hybridized carbons (Fsp3) is 0.444. The Labute approximate surface area is 78.4 Å². The molecule has 1 N–H and O–H groups in total. The van der Waals surface area contributed by atoms with E-state index in [0.717, 1.165) is 6.20 Å². The van der Waals surface area contributed by atoms with Crippen molar-refractivity contribution in [2.75, 3.05) is 0 Å². The standard InChI is InChI=1S/C9H8F3NO/c10-9(11,12)8-6-1-2-7(14)5(6)3-4-13-8/h3-4,7,14H,1-2H2. The Balaban J connectivity index is 2.55. The van der Waals surface area contributed by atoms with Gasteiger partial charge in [0.05, 0.1) is 6.10 Å². The second-order valence-electron chi connectivity index (χ2n) is 3.28. The Bertz CT molecular complexity index is 362. The SMILES string of the molecule is OC1CCc2c1ccnc2C(F)(F)F. The van der Waals surface area contributed by atoms with Crippen LogP contribution >= 0.6 is 0 Å². The number of hydrogen-bond donors (Lipinski definition) is 1. The highest BCUT2D eigenvalue weighted by Gasteiger charge is 2.38. The summed E-state index contributed by atoms with van der Waals surface area (Å²) in [4.78, 5) is 3.32. The largest absolute Gasteiger partial charge is 0.433 e. The molecule has 1 atom stereocenters. The van der Waals surface area contributed by atoms with Crippen LogP contribution in [0, 0.1) is 0 Å². The first-order chi connectivity index (χ1) is 6.50. The maximum atomic E-state index is 12.4. The number of halogens is 3. The summed E-state index contributed by atoms with van der Waals surface area (Å²) in [5.74, 6) is 0. The zero-order chi connectivity index (χ0) is 10.3. The van der Waals surface area contributed by atoms with E-state index in [1.54, 1.807) is 0 Å². The van der Waals surface area contributed by atoms with Crippen molar-refractivity contribution in [2.24, 2.45) is 0 Å². The molecule has 1 aliphatic carbocycles. The van der Waals surface area contributed by atoms with Crippen molar-refractivity contribution in [1.82, 2.24) is 4.98 Å². The monoisotopic (exact) mass is 203 g/mol. The highest BCUT2D eigenvalue weighted by Crippen LogP contribution is 2.38. The maximum absolute atomic E-state index is 12.4. The molecule has 5 heteroatoms. The average molecular weight is 203 g/mol. The van der Waals surface area contributed by atoms with Crippen LogP contribution < -0.4 is 0 Å². The van der Waals surface area contributed by atoms with Gasteiger partial charge < -0.3 is 5.11 Å². The van der Waals surface area contributed by atoms with Crippen LogP contribution in [0.4, 0.5) is 13.2 Å². The van der Waals surface area contributed by atoms with Crippen molar-refractivity contribution in [2.45, 2.75) is 25.1 Å². The van der Waals surface area contributed by atoms with E-state index in [0.29, 0.717) is 12.0 Å². The van der Waals surface area contributed by atoms with Gasteiger partial charge >= 0.3 is 6.18 Å². The van der Waals surface area contributed by atoms with E-state index < -0.39 is 18.0 Å². The Kier molecular flexibility index (Phi) is 1.99. The lowest BCUT2D eigenvalue weighted by Crippen LogP contribution is -2.11. The summed E-state index contributed by atoms with van der Waals surface area (Å²) in [7, 11) is 0. The zero-order valence-electron chi connectivity index (χ0n) is 7.17. The van der Waals surface area contributed by atoms with Gasteiger partial charge in [-0.1, -0.05) is 0 Å². The van der Waals surface area contributed by atoms with Crippen molar-refractivity contribution in [1.29, 1.82) is 0 Å². The Morgan fingerprint density at radius 2 is 2.14 bits per heavy atom. The summed E-state index contributed by atoms with van der Waals surface area (Å²) in [5, 5.41) is 9.38. The predicted molar refractivity (Wildman–Crippen MR) is 42.5 cm³/mol. The Morgan fingerprint density at radius 3 is 2.79 bits per heavy atom. The number of alkyl halides is 3. The molecule has 0 aliphatic heterocycles. The number of nitrogens with zero attached hydrogens (tertiary/aromatic N) is 1. The first kappa shape index (κ1) is 9.45. The molecule has 0 fully saturated rings. The normalized spacial score (nSPS) is 21.0. The minimum atomic E-state index is -4.42. The van der Waals surface area contributed by atoms with Crippen LogP contribution in [-0.2, 0) is 12.6 Å². The van der Waals surface area contributed by atoms with E-state index in [9.17, 15) is 18.3 Å². The summed E-state index contributed by atoms with van der Waals surface area (Å²) >= 11 is 0. The summed E-state index contributed by atoms with van der Waals surface area (Å²) in [5.41, 5.74) is -0.341. The fourth-order valence-corrected chi connectivity index (χ4v) is 1.76. The highest BCUT2D eigenvalue weighted by molar-refractivity contribution is 5.37. The van der Waals surface area contributed by atoms with Gasteiger partial charge in [-0.05, 0) is 30.0 Å². The van der Waals surface area contributed by atoms with Gasteiger partial charge in [0.15, 0.2) is 0 Å². The van der Waals surface area contributed by atoms with E-state index in [1.807, 2.05) is 0 Å². The number of rotatable bonds is 0. The van der Waals surface area contributed by atoms with Crippen molar-refractivity contribution in [3.8, 4) is 0 Å². The second-order valence-corrected chi connectivity index (χ2v) is 3.28. The van der Waals surface area contributed by atoms with Crippen LogP contribution in [0.1, 0.15) is 29.3 Å². The van der Waals surface area contributed by atoms with E-state index in [4.69, 9.17) is 0 Å². The molecular formula is C9H8F3NO. The lowest BCUT2D eigenvalue weighted by Gasteiger charge is -2.10. The number of aromatic nitrogens is 1. The van der Waals surface area contributed by atoms with E-state index in [-0.39, 0.29) is 12.0 Å². The molecule has 2 rings (SSSR count). The van der Waals surface area contributed by atoms with E-state index in [1.165, 1.54) is 6.07 Å². The van der Waals surface area contributed by atoms with Gasteiger partial charge in [-0.2, -0.15) is 13.2 Å². The lowest BCUT2D eigenvalue weighted by atomic mass is 10.1. The Hall–Kier alpha value is -1.10. The highest BCUT2D eigenvalue weighted by atomic mass is 19.4. The topological polar surface area (TPSA) is 33.1 Å². The molecule has 0 spiro atoms. The first-order valence-electron chi connectivity index (χ1n) is 4.23. The quantitative estimate of drug-likeness (QED) is 0.700. The molecule has 2 nitrogen and oxygen atoms in total. The van der Waals surface area contributed by atoms with Crippen LogP contribution in [0.15, 0.2) is 12.3 Å². The molecule has 1 aliphatic rings. The number of pyridine rings is 1. The molecule has 14 heavy (non-hydrogen) atoms. The summed E-state index contributed by atoms with van der Waals surface area (Å²) in [6, 6.07) is 1.45. The molecule has 1 unspecified atom stereocenters. The minimum absolute atomic E-state index is 0.146. The van der Waals surface area contributed by atoms with Crippen molar-refractivity contribution in [3.05, 3.63) is 29.1 Å². The van der Waals surface area contributed by atoms with Gasteiger partial charge in [0.25, 0.3) is 0 Å². The molecule has 0 radical (unpaired) electrons. The average Bonchev–Trinajstić information content (AvgIpc) is 2.46. The molecule has 0 bridgehead atoms. The van der Waals surface area contributed by atoms with Crippen LogP contribution in [0.2, 0.25) is 0 Å². The summed E-state index contributed by atoms with van der Waals surface area (Å²) in [6.45, 7) is 0. The zero-order valence-corrected chi connectivity index (χ0v) is 7.17. The lowest BCUT2D eigenvalue weighted by molar-refractivity contribution is -0.141. The van der Waals surface area contributed by atoms with E-state index >= 15 is 0 Å². The molecule has 0 amide bonds. The van der Waals surface area contributed by atoms with Gasteiger partial charge in [-0.25, -0.2) is 0 Å². The predicted octanol–water partition coefficient (Wildman–Crippen LogP) is 2.08. The summed E-state index contributed by atoms with van der Waals surface area (Å²) in [6.07, 6.45) is -3.50. The smallest absolute Gasteiger partial charge is 0.388 e. The fourth-order valence-electron chi connectivity index (χ4n) is 1.76. The third kappa shape index (κ3) is 1.37. The van der Waals surface area contributed by atoms with Crippen molar-refractivity contribution in [3.63, 3.8) is 0 Å². The molecule has 1 aromatic heterocycles. The third-order valence-electron chi connectivity index (χ3n) is 2.39. The number of aliphatic hydroxyl groups excluding tert-OH is 1. The molecule has 1 aromatic rings. The molecule has 1 heterocycles. The van der Waals surface area contributed by atoms with Crippen LogP contribution in [0.25, 0.3) is 0 Å². The van der Waals surface area contributed by atoms with Gasteiger partial charge in [0, 0.05) is 6.20 Å². The van der Waals surface area contributed by atoms with E-state index in [2.05, 4.69) is 4.98 Å². The van der Waals surface area contributed by atoms with Gasteiger partial charge in [0.1, 0.15) is 5.69 Å². The molecule has 0 saturated carbocycles. The molecule has 76 valence electrons. The van der Waals surface area contributed by atoms with Crippen molar-refractivity contribution < 1.29 is 18.3 Å². The summed E-state index contributed by atoms with van der Waals surface area (Å²) < 4.78 is 37.3. The third-order valence-corrected chi connectivity index (χ3v) is 2.39. The van der Waals surface area contributed by atoms with Crippen LogP contribution in [-0.4, -0.2) is 10.1 Å². The molecule has 0 saturated heterocycles. The maximum Gasteiger partial charge on any atom is 0.433 e. The minimum Gasteiger partial charge on any atom is -0.388 e. The van der Waals surface area contributed by atoms with Crippen LogP contribution in [0.3, 0.4) is 0 Å². The Morgan fingerprint density at radius 1 is 1.43 bits per heavy atom. The van der Waals surface area contributed by atoms with Gasteiger partial charge in [-0.15, -0.1) is 0 Å². The van der Waals surface area contributed by atoms with Gasteiger partial charge in [-0.3, -0.25) is 4.98 Å². The first-order valence-corrected chi connectivity index (χ1v) is 4.23. The van der Waals surface area contributed by atoms with Crippen LogP contribution in [0.5, 0.6) is 0 Å². The number of hydrogen-bond acceptors (Lipinski definition) is 2. The van der Waals surface area contributed by atoms with Crippen molar-refractivity contribution >= 4 is 0 Å². The number of aliphatic hydroxyl groups is 1. The number of fused-ring (bicyclic) bond motifs is 1. The molecule has 0 aromatic carbocycles. The molecular weight excluding hydrogens is 195 g/mol. The van der Waals surface area contributed by atoms with Gasteiger partial charge in [0.2, 0.25) is 0 Å². The second kappa shape index (κ2) is 2.95.